The summed E-state index contributed by atoms with van der Waals surface area (Å²) in [4.78, 5) is 11.2. The van der Waals surface area contributed by atoms with Crippen molar-refractivity contribution in [3.8, 4) is 5.75 Å². The van der Waals surface area contributed by atoms with Gasteiger partial charge in [0.1, 0.15) is 12.2 Å². The maximum absolute atomic E-state index is 12.0. The first-order valence-corrected chi connectivity index (χ1v) is 4.17. The zero-order chi connectivity index (χ0) is 11.5. The van der Waals surface area contributed by atoms with Crippen molar-refractivity contribution in [2.45, 2.75) is 12.6 Å². The second-order valence-electron chi connectivity index (χ2n) is 2.92. The van der Waals surface area contributed by atoms with Gasteiger partial charge in [-0.05, 0) is 12.1 Å². The van der Waals surface area contributed by atoms with Crippen LogP contribution in [0.5, 0.6) is 5.75 Å². The predicted molar refractivity (Wildman–Crippen MR) is 48.0 cm³/mol. The molecule has 1 rings (SSSR count). The van der Waals surface area contributed by atoms with Crippen LogP contribution in [-0.4, -0.2) is 19.1 Å². The first kappa shape index (κ1) is 11.6. The normalized spacial score (nSPS) is 11.2. The third-order valence-electron chi connectivity index (χ3n) is 1.77. The van der Waals surface area contributed by atoms with E-state index >= 15 is 0 Å². The number of ketones is 1. The van der Waals surface area contributed by atoms with E-state index in [9.17, 15) is 18.0 Å². The van der Waals surface area contributed by atoms with Gasteiger partial charge in [-0.3, -0.25) is 4.79 Å². The van der Waals surface area contributed by atoms with Gasteiger partial charge in [0.15, 0.2) is 5.78 Å². The first-order valence-electron chi connectivity index (χ1n) is 4.17. The van der Waals surface area contributed by atoms with Crippen LogP contribution < -0.4 is 4.74 Å². The molecule has 0 aliphatic carbocycles. The van der Waals surface area contributed by atoms with Gasteiger partial charge < -0.3 is 4.74 Å². The van der Waals surface area contributed by atoms with Gasteiger partial charge >= 0.3 is 6.18 Å². The Labute approximate surface area is 84.7 Å². The quantitative estimate of drug-likeness (QED) is 0.729. The molecule has 0 saturated heterocycles. The van der Waals surface area contributed by atoms with Gasteiger partial charge in [0, 0.05) is 0 Å². The van der Waals surface area contributed by atoms with Crippen LogP contribution in [-0.2, 0) is 0 Å². The molecule has 0 bridgehead atoms. The van der Waals surface area contributed by atoms with Crippen molar-refractivity contribution in [3.63, 3.8) is 0 Å². The zero-order valence-electron chi connectivity index (χ0n) is 7.97. The molecule has 0 aliphatic heterocycles. The Balaban J connectivity index is 2.91. The molecular formula is C10H9F3O2. The van der Waals surface area contributed by atoms with Crippen LogP contribution >= 0.6 is 0 Å². The number of ether oxygens (including phenoxy) is 1. The van der Waals surface area contributed by atoms with E-state index in [1.54, 1.807) is 6.07 Å². The van der Waals surface area contributed by atoms with Gasteiger partial charge in [-0.15, -0.1) is 0 Å². The predicted octanol–water partition coefficient (Wildman–Crippen LogP) is 2.83. The molecule has 15 heavy (non-hydrogen) atoms. The number of para-hydroxylation sites is 1. The van der Waals surface area contributed by atoms with Crippen molar-refractivity contribution in [3.05, 3.63) is 29.8 Å². The number of halogens is 3. The summed E-state index contributed by atoms with van der Waals surface area (Å²) in [5, 5.41) is 0. The largest absolute Gasteiger partial charge is 0.496 e. The van der Waals surface area contributed by atoms with Crippen molar-refractivity contribution >= 4 is 5.78 Å². The Kier molecular flexibility index (Phi) is 3.34. The van der Waals surface area contributed by atoms with Gasteiger partial charge in [0.25, 0.3) is 0 Å². The molecule has 0 heterocycles. The summed E-state index contributed by atoms with van der Waals surface area (Å²) in [6.07, 6.45) is -5.95. The van der Waals surface area contributed by atoms with Crippen LogP contribution in [0.15, 0.2) is 24.3 Å². The lowest BCUT2D eigenvalue weighted by Gasteiger charge is -2.08. The van der Waals surface area contributed by atoms with Crippen LogP contribution in [0.3, 0.4) is 0 Å². The highest BCUT2D eigenvalue weighted by atomic mass is 19.4. The summed E-state index contributed by atoms with van der Waals surface area (Å²) in [5.41, 5.74) is -0.0441. The Bertz CT molecular complexity index is 358. The number of benzene rings is 1. The SMILES string of the molecule is COc1ccccc1C(=O)CC(F)(F)F. The number of hydrogen-bond acceptors (Lipinski definition) is 2. The number of alkyl halides is 3. The average Bonchev–Trinajstić information content (AvgIpc) is 2.15. The van der Waals surface area contributed by atoms with Gasteiger partial charge in [-0.2, -0.15) is 13.2 Å². The molecule has 2 nitrogen and oxygen atoms in total. The monoisotopic (exact) mass is 218 g/mol. The Hall–Kier alpha value is -1.52. The maximum Gasteiger partial charge on any atom is 0.396 e. The summed E-state index contributed by atoms with van der Waals surface area (Å²) < 4.78 is 40.7. The molecule has 1 aromatic carbocycles. The first-order chi connectivity index (χ1) is 6.94. The van der Waals surface area contributed by atoms with E-state index in [-0.39, 0.29) is 11.3 Å². The number of carbonyl (C=O) groups is 1. The number of Topliss-reactive ketones (excluding diaryl/α,β-unsaturated/α-hetero) is 1. The molecular weight excluding hydrogens is 209 g/mol. The molecule has 0 fully saturated rings. The minimum Gasteiger partial charge on any atom is -0.496 e. The maximum atomic E-state index is 12.0. The number of rotatable bonds is 3. The lowest BCUT2D eigenvalue weighted by Crippen LogP contribution is -2.15. The lowest BCUT2D eigenvalue weighted by atomic mass is 10.1. The molecule has 0 unspecified atom stereocenters. The van der Waals surface area contributed by atoms with Gasteiger partial charge in [-0.25, -0.2) is 0 Å². The Morgan fingerprint density at radius 1 is 1.33 bits per heavy atom. The summed E-state index contributed by atoms with van der Waals surface area (Å²) >= 11 is 0. The van der Waals surface area contributed by atoms with Crippen molar-refractivity contribution in [1.82, 2.24) is 0 Å². The molecule has 0 spiro atoms. The van der Waals surface area contributed by atoms with Crippen LogP contribution in [0.4, 0.5) is 13.2 Å². The zero-order valence-corrected chi connectivity index (χ0v) is 7.97. The van der Waals surface area contributed by atoms with E-state index in [4.69, 9.17) is 4.74 Å². The van der Waals surface area contributed by atoms with Crippen molar-refractivity contribution in [2.75, 3.05) is 7.11 Å². The summed E-state index contributed by atoms with van der Waals surface area (Å²) in [5.74, 6) is -0.827. The van der Waals surface area contributed by atoms with Gasteiger partial charge in [-0.1, -0.05) is 12.1 Å². The third-order valence-corrected chi connectivity index (χ3v) is 1.77. The van der Waals surface area contributed by atoms with Crippen molar-refractivity contribution in [1.29, 1.82) is 0 Å². The molecule has 0 aromatic heterocycles. The second kappa shape index (κ2) is 4.33. The van der Waals surface area contributed by atoms with Crippen LogP contribution in [0, 0.1) is 0 Å². The fourth-order valence-corrected chi connectivity index (χ4v) is 1.15. The lowest BCUT2D eigenvalue weighted by molar-refractivity contribution is -0.125. The summed E-state index contributed by atoms with van der Waals surface area (Å²) in [6.45, 7) is 0. The van der Waals surface area contributed by atoms with Crippen molar-refractivity contribution < 1.29 is 22.7 Å². The molecule has 1 aromatic rings. The average molecular weight is 218 g/mol. The molecule has 0 saturated carbocycles. The molecule has 82 valence electrons. The standard InChI is InChI=1S/C10H9F3O2/c1-15-9-5-3-2-4-7(9)8(14)6-10(11,12)13/h2-5H,6H2,1H3. The fourth-order valence-electron chi connectivity index (χ4n) is 1.15. The smallest absolute Gasteiger partial charge is 0.396 e. The topological polar surface area (TPSA) is 26.3 Å². The number of carbonyl (C=O) groups excluding carboxylic acids is 1. The fraction of sp³-hybridized carbons (Fsp3) is 0.300. The Morgan fingerprint density at radius 3 is 2.47 bits per heavy atom. The van der Waals surface area contributed by atoms with Crippen LogP contribution in [0.1, 0.15) is 16.8 Å². The van der Waals surface area contributed by atoms with E-state index in [0.717, 1.165) is 0 Å². The van der Waals surface area contributed by atoms with E-state index in [2.05, 4.69) is 0 Å². The van der Waals surface area contributed by atoms with Gasteiger partial charge in [0.2, 0.25) is 0 Å². The van der Waals surface area contributed by atoms with E-state index in [1.807, 2.05) is 0 Å². The van der Waals surface area contributed by atoms with Crippen LogP contribution in [0.25, 0.3) is 0 Å². The summed E-state index contributed by atoms with van der Waals surface area (Å²) in [6, 6.07) is 5.84. The minimum atomic E-state index is -4.49. The minimum absolute atomic E-state index is 0.0441. The van der Waals surface area contributed by atoms with E-state index < -0.39 is 18.4 Å². The highest BCUT2D eigenvalue weighted by molar-refractivity contribution is 5.99. The van der Waals surface area contributed by atoms with E-state index in [1.165, 1.54) is 25.3 Å². The summed E-state index contributed by atoms with van der Waals surface area (Å²) in [7, 11) is 1.31. The van der Waals surface area contributed by atoms with Gasteiger partial charge in [0.05, 0.1) is 12.7 Å². The third kappa shape index (κ3) is 3.27. The molecule has 0 amide bonds. The molecule has 0 N–H and O–H groups in total. The molecule has 0 atom stereocenters. The number of hydrogen-bond donors (Lipinski definition) is 0. The molecule has 0 aliphatic rings. The van der Waals surface area contributed by atoms with E-state index in [0.29, 0.717) is 0 Å². The molecule has 0 radical (unpaired) electrons. The highest BCUT2D eigenvalue weighted by Crippen LogP contribution is 2.25. The second-order valence-corrected chi connectivity index (χ2v) is 2.92. The van der Waals surface area contributed by atoms with Crippen LogP contribution in [0.2, 0.25) is 0 Å². The number of methoxy groups -OCH3 is 1. The molecule has 5 heteroatoms. The van der Waals surface area contributed by atoms with Crippen molar-refractivity contribution in [2.24, 2.45) is 0 Å². The Morgan fingerprint density at radius 2 is 1.93 bits per heavy atom. The highest BCUT2D eigenvalue weighted by Gasteiger charge is 2.32.